The number of likely N-dealkylation sites (tertiary alicyclic amines) is 1. The molecule has 0 aromatic heterocycles. The number of rotatable bonds is 6. The minimum absolute atomic E-state index is 0.183. The van der Waals surface area contributed by atoms with E-state index in [1.165, 1.54) is 26.4 Å². The molecule has 0 saturated carbocycles. The highest BCUT2D eigenvalue weighted by molar-refractivity contribution is 5.98. The molecule has 1 amide bonds. The van der Waals surface area contributed by atoms with Gasteiger partial charge in [0, 0.05) is 24.1 Å². The molecule has 2 N–H and O–H groups in total. The van der Waals surface area contributed by atoms with Gasteiger partial charge in [0.1, 0.15) is 5.75 Å². The van der Waals surface area contributed by atoms with Crippen LogP contribution in [0.15, 0.2) is 18.2 Å². The van der Waals surface area contributed by atoms with Crippen molar-refractivity contribution in [1.29, 1.82) is 0 Å². The van der Waals surface area contributed by atoms with Gasteiger partial charge >= 0.3 is 5.97 Å². The Bertz CT molecular complexity index is 661. The van der Waals surface area contributed by atoms with Gasteiger partial charge in [0.25, 0.3) is 5.91 Å². The highest BCUT2D eigenvalue weighted by Crippen LogP contribution is 2.35. The molecule has 2 atom stereocenters. The Labute approximate surface area is 153 Å². The number of ether oxygens (including phenoxy) is 2. The van der Waals surface area contributed by atoms with Crippen LogP contribution >= 0.6 is 0 Å². The smallest absolute Gasteiger partial charge is 0.338 e. The van der Waals surface area contributed by atoms with Gasteiger partial charge in [-0.25, -0.2) is 4.79 Å². The van der Waals surface area contributed by atoms with E-state index in [-0.39, 0.29) is 24.6 Å². The first-order chi connectivity index (χ1) is 12.4. The van der Waals surface area contributed by atoms with Crippen LogP contribution in [-0.2, 0) is 4.74 Å². The van der Waals surface area contributed by atoms with Crippen molar-refractivity contribution in [2.75, 3.05) is 33.9 Å². The number of carbonyl (C=O) groups is 2. The first kappa shape index (κ1) is 20.2. The summed E-state index contributed by atoms with van der Waals surface area (Å²) in [6.45, 7) is 2.45. The number of esters is 1. The molecule has 1 aliphatic rings. The molecule has 0 bridgehead atoms. The largest absolute Gasteiger partial charge is 0.497 e. The summed E-state index contributed by atoms with van der Waals surface area (Å²) in [7, 11) is 2.73. The van der Waals surface area contributed by atoms with E-state index in [0.29, 0.717) is 30.7 Å². The fourth-order valence-electron chi connectivity index (χ4n) is 3.56. The Balaban J connectivity index is 2.32. The van der Waals surface area contributed by atoms with Crippen molar-refractivity contribution in [2.24, 2.45) is 5.41 Å². The number of hydrogen-bond donors (Lipinski definition) is 2. The lowest BCUT2D eigenvalue weighted by Crippen LogP contribution is -2.55. The lowest BCUT2D eigenvalue weighted by atomic mass is 9.74. The van der Waals surface area contributed by atoms with Crippen molar-refractivity contribution in [2.45, 2.75) is 32.3 Å². The number of carbonyl (C=O) groups excluding carboxylic acids is 2. The average molecular weight is 365 g/mol. The monoisotopic (exact) mass is 365 g/mol. The fraction of sp³-hybridized carbons (Fsp3) is 0.579. The Morgan fingerprint density at radius 3 is 2.54 bits per heavy atom. The van der Waals surface area contributed by atoms with Gasteiger partial charge in [-0.3, -0.25) is 4.79 Å². The number of benzene rings is 1. The van der Waals surface area contributed by atoms with Crippen LogP contribution in [0.2, 0.25) is 0 Å². The van der Waals surface area contributed by atoms with Crippen LogP contribution < -0.4 is 4.74 Å². The second kappa shape index (κ2) is 8.51. The van der Waals surface area contributed by atoms with E-state index in [0.717, 1.165) is 6.42 Å². The summed E-state index contributed by atoms with van der Waals surface area (Å²) >= 11 is 0. The van der Waals surface area contributed by atoms with E-state index in [2.05, 4.69) is 0 Å². The van der Waals surface area contributed by atoms with Gasteiger partial charge in [-0.1, -0.05) is 13.3 Å². The Hall–Kier alpha value is -2.12. The van der Waals surface area contributed by atoms with E-state index in [1.807, 2.05) is 6.92 Å². The second-order valence-electron chi connectivity index (χ2n) is 6.74. The van der Waals surface area contributed by atoms with E-state index < -0.39 is 17.5 Å². The molecule has 7 heteroatoms. The number of amides is 1. The second-order valence-corrected chi connectivity index (χ2v) is 6.74. The predicted molar refractivity (Wildman–Crippen MR) is 95.3 cm³/mol. The van der Waals surface area contributed by atoms with Crippen LogP contribution in [0.5, 0.6) is 5.75 Å². The van der Waals surface area contributed by atoms with E-state index >= 15 is 0 Å². The molecule has 1 aromatic rings. The molecule has 1 aromatic carbocycles. The van der Waals surface area contributed by atoms with Crippen molar-refractivity contribution >= 4 is 11.9 Å². The normalized spacial score (nSPS) is 22.8. The summed E-state index contributed by atoms with van der Waals surface area (Å²) in [5, 5.41) is 20.2. The summed E-state index contributed by atoms with van der Waals surface area (Å²) in [6.07, 6.45) is 1.18. The van der Waals surface area contributed by atoms with Crippen molar-refractivity contribution in [3.8, 4) is 5.75 Å². The molecule has 1 fully saturated rings. The van der Waals surface area contributed by atoms with Crippen molar-refractivity contribution in [1.82, 2.24) is 4.90 Å². The zero-order valence-corrected chi connectivity index (χ0v) is 15.5. The molecule has 0 spiro atoms. The van der Waals surface area contributed by atoms with Crippen LogP contribution in [0.1, 0.15) is 46.9 Å². The maximum atomic E-state index is 13.0. The fourth-order valence-corrected chi connectivity index (χ4v) is 3.56. The van der Waals surface area contributed by atoms with Gasteiger partial charge in [-0.15, -0.1) is 0 Å². The SMILES string of the molecule is CCC[C@@]1(CO)CN(C(=O)c2cc(OC)cc(C(=O)OC)c2)CC[C@@H]1O. The molecular weight excluding hydrogens is 338 g/mol. The molecule has 1 aliphatic heterocycles. The predicted octanol–water partition coefficient (Wildman–Crippen LogP) is 1.47. The lowest BCUT2D eigenvalue weighted by Gasteiger charge is -2.45. The van der Waals surface area contributed by atoms with Crippen LogP contribution in [0.4, 0.5) is 0 Å². The van der Waals surface area contributed by atoms with Crippen LogP contribution in [0.25, 0.3) is 0 Å². The standard InChI is InChI=1S/C19H27NO6/c1-4-6-19(12-21)11-20(7-5-16(19)22)17(23)13-8-14(18(24)26-3)10-15(9-13)25-2/h8-10,16,21-22H,4-7,11-12H2,1-3H3/t16-,19-/m0/s1. The third kappa shape index (κ3) is 3.99. The van der Waals surface area contributed by atoms with Gasteiger partial charge in [0.05, 0.1) is 32.5 Å². The third-order valence-corrected chi connectivity index (χ3v) is 5.05. The van der Waals surface area contributed by atoms with Gasteiger partial charge in [-0.2, -0.15) is 0 Å². The first-order valence-corrected chi connectivity index (χ1v) is 8.76. The van der Waals surface area contributed by atoms with Crippen molar-refractivity contribution in [3.05, 3.63) is 29.3 Å². The molecule has 0 aliphatic carbocycles. The maximum Gasteiger partial charge on any atom is 0.338 e. The third-order valence-electron chi connectivity index (χ3n) is 5.05. The number of piperidine rings is 1. The number of methoxy groups -OCH3 is 2. The summed E-state index contributed by atoms with van der Waals surface area (Å²) < 4.78 is 9.91. The summed E-state index contributed by atoms with van der Waals surface area (Å²) in [4.78, 5) is 26.5. The molecule has 0 unspecified atom stereocenters. The average Bonchev–Trinajstić information content (AvgIpc) is 2.68. The van der Waals surface area contributed by atoms with Crippen molar-refractivity contribution < 1.29 is 29.3 Å². The minimum Gasteiger partial charge on any atom is -0.497 e. The molecule has 7 nitrogen and oxygen atoms in total. The molecule has 0 radical (unpaired) electrons. The van der Waals surface area contributed by atoms with E-state index in [4.69, 9.17) is 9.47 Å². The molecular formula is C19H27NO6. The van der Waals surface area contributed by atoms with Gasteiger partial charge < -0.3 is 24.6 Å². The van der Waals surface area contributed by atoms with Crippen LogP contribution in [-0.4, -0.2) is 67.0 Å². The molecule has 1 heterocycles. The van der Waals surface area contributed by atoms with Crippen LogP contribution in [0, 0.1) is 5.41 Å². The quantitative estimate of drug-likeness (QED) is 0.741. The number of aliphatic hydroxyl groups is 2. The first-order valence-electron chi connectivity index (χ1n) is 8.76. The highest BCUT2D eigenvalue weighted by atomic mass is 16.5. The Kier molecular flexibility index (Phi) is 6.61. The Morgan fingerprint density at radius 1 is 1.27 bits per heavy atom. The molecule has 26 heavy (non-hydrogen) atoms. The zero-order valence-electron chi connectivity index (χ0n) is 15.5. The Morgan fingerprint density at radius 2 is 1.96 bits per heavy atom. The van der Waals surface area contributed by atoms with Gasteiger partial charge in [0.15, 0.2) is 0 Å². The van der Waals surface area contributed by atoms with Crippen molar-refractivity contribution in [3.63, 3.8) is 0 Å². The minimum atomic E-state index is -0.716. The summed E-state index contributed by atoms with van der Waals surface area (Å²) in [5.74, 6) is -0.437. The number of aliphatic hydroxyl groups excluding tert-OH is 2. The van der Waals surface area contributed by atoms with Gasteiger partial charge in [0.2, 0.25) is 0 Å². The highest BCUT2D eigenvalue weighted by Gasteiger charge is 2.43. The summed E-state index contributed by atoms with van der Waals surface area (Å²) in [6, 6.07) is 4.56. The zero-order chi connectivity index (χ0) is 19.3. The number of hydrogen-bond acceptors (Lipinski definition) is 6. The van der Waals surface area contributed by atoms with Gasteiger partial charge in [-0.05, 0) is 31.0 Å². The number of nitrogens with zero attached hydrogens (tertiary/aromatic N) is 1. The van der Waals surface area contributed by atoms with E-state index in [1.54, 1.807) is 11.0 Å². The van der Waals surface area contributed by atoms with Crippen LogP contribution in [0.3, 0.4) is 0 Å². The van der Waals surface area contributed by atoms with E-state index in [9.17, 15) is 19.8 Å². The molecule has 2 rings (SSSR count). The molecule has 144 valence electrons. The maximum absolute atomic E-state index is 13.0. The summed E-state index contributed by atoms with van der Waals surface area (Å²) in [5.41, 5.74) is -0.175. The topological polar surface area (TPSA) is 96.3 Å². The lowest BCUT2D eigenvalue weighted by molar-refractivity contribution is -0.0720. The molecule has 1 saturated heterocycles.